The van der Waals surface area contributed by atoms with Gasteiger partial charge in [0.1, 0.15) is 0 Å². The first-order valence-corrected chi connectivity index (χ1v) is 7.24. The molecule has 0 heterocycles. The summed E-state index contributed by atoms with van der Waals surface area (Å²) < 4.78 is 55.2. The summed E-state index contributed by atoms with van der Waals surface area (Å²) in [5.74, 6) is -0.902. The predicted molar refractivity (Wildman–Crippen MR) is 72.4 cm³/mol. The van der Waals surface area contributed by atoms with Crippen molar-refractivity contribution < 1.29 is 26.5 Å². The van der Waals surface area contributed by atoms with Gasteiger partial charge in [0.2, 0.25) is 0 Å². The van der Waals surface area contributed by atoms with E-state index in [9.17, 15) is 22.0 Å². The molecule has 0 saturated heterocycles. The summed E-state index contributed by atoms with van der Waals surface area (Å²) in [4.78, 5) is 11.5. The Morgan fingerprint density at radius 2 is 2.05 bits per heavy atom. The molecule has 0 radical (unpaired) electrons. The number of alkyl halides is 2. The van der Waals surface area contributed by atoms with E-state index in [1.54, 1.807) is 5.32 Å². The number of amides is 1. The summed E-state index contributed by atoms with van der Waals surface area (Å²) in [7, 11) is -5.56. The van der Waals surface area contributed by atoms with Crippen molar-refractivity contribution in [2.24, 2.45) is 0 Å². The highest BCUT2D eigenvalue weighted by molar-refractivity contribution is 14.1. The Labute approximate surface area is 121 Å². The van der Waals surface area contributed by atoms with Crippen LogP contribution in [0.1, 0.15) is 10.4 Å². The van der Waals surface area contributed by atoms with E-state index in [2.05, 4.69) is 0 Å². The minimum absolute atomic E-state index is 0.0461. The molecule has 10 heteroatoms. The zero-order valence-corrected chi connectivity index (χ0v) is 12.2. The summed E-state index contributed by atoms with van der Waals surface area (Å²) in [6.45, 7) is -1.52. The molecule has 1 rings (SSSR count). The fraction of sp³-hybridized carbons (Fsp3) is 0.222. The number of nitrogens with two attached hydrogens (primary N) is 1. The Balaban J connectivity index is 2.79. The lowest BCUT2D eigenvalue weighted by Gasteiger charge is -2.13. The molecule has 0 spiro atoms. The summed E-state index contributed by atoms with van der Waals surface area (Å²) in [6.07, 6.45) is 0. The van der Waals surface area contributed by atoms with Gasteiger partial charge in [0, 0.05) is 14.8 Å². The first-order chi connectivity index (χ1) is 8.54. The lowest BCUT2D eigenvalue weighted by Crippen LogP contribution is -2.41. The molecule has 0 bridgehead atoms. The normalized spacial score (nSPS) is 12.2. The number of nitrogens with one attached hydrogen (secondary N) is 1. The Hall–Kier alpha value is -1.01. The Kier molecular flexibility index (Phi) is 4.68. The summed E-state index contributed by atoms with van der Waals surface area (Å²) in [5.41, 5.74) is 5.98. The van der Waals surface area contributed by atoms with E-state index in [0.717, 1.165) is 0 Å². The quantitative estimate of drug-likeness (QED) is 0.394. The predicted octanol–water partition coefficient (Wildman–Crippen LogP) is 1.08. The number of rotatable bonds is 4. The number of hydrogen-bond acceptors (Lipinski definition) is 4. The van der Waals surface area contributed by atoms with Crippen molar-refractivity contribution in [3.05, 3.63) is 27.3 Å². The molecular formula is C9H9F2IN2O4S. The van der Waals surface area contributed by atoms with Gasteiger partial charge in [-0.3, -0.25) is 9.35 Å². The number of nitrogen functional groups attached to an aromatic ring is 1. The van der Waals surface area contributed by atoms with Gasteiger partial charge < -0.3 is 11.1 Å². The van der Waals surface area contributed by atoms with Crippen molar-refractivity contribution in [3.63, 3.8) is 0 Å². The number of carbonyl (C=O) groups excluding carboxylic acids is 1. The third kappa shape index (κ3) is 3.98. The molecule has 0 fully saturated rings. The molecule has 1 aromatic rings. The number of hydrogen-bond donors (Lipinski definition) is 3. The first-order valence-electron chi connectivity index (χ1n) is 4.72. The third-order valence-electron chi connectivity index (χ3n) is 2.09. The lowest BCUT2D eigenvalue weighted by atomic mass is 10.2. The maximum Gasteiger partial charge on any atom is 0.386 e. The van der Waals surface area contributed by atoms with Crippen LogP contribution in [0.3, 0.4) is 0 Å². The SMILES string of the molecule is Nc1ccc(C(=O)NCC(F)(F)S(=O)(=O)O)cc1I. The molecule has 19 heavy (non-hydrogen) atoms. The smallest absolute Gasteiger partial charge is 0.386 e. The topological polar surface area (TPSA) is 109 Å². The standard InChI is InChI=1S/C9H9F2IN2O4S/c10-9(11,19(16,17)18)4-14-8(15)5-1-2-7(13)6(12)3-5/h1-3H,4,13H2,(H,14,15)(H,16,17,18). The molecule has 0 aliphatic rings. The third-order valence-corrected chi connectivity index (χ3v) is 3.93. The van der Waals surface area contributed by atoms with Gasteiger partial charge in [-0.15, -0.1) is 0 Å². The second-order valence-corrected chi connectivity index (χ2v) is 6.24. The average molecular weight is 406 g/mol. The minimum atomic E-state index is -5.56. The maximum absolute atomic E-state index is 12.9. The molecule has 0 aromatic heterocycles. The molecule has 0 aliphatic carbocycles. The largest absolute Gasteiger partial charge is 0.398 e. The summed E-state index contributed by atoms with van der Waals surface area (Å²) in [6, 6.07) is 4.08. The van der Waals surface area contributed by atoms with Crippen LogP contribution in [0.25, 0.3) is 0 Å². The summed E-state index contributed by atoms with van der Waals surface area (Å²) in [5, 5.41) is -2.72. The second-order valence-electron chi connectivity index (χ2n) is 3.53. The molecule has 4 N–H and O–H groups in total. The number of halogens is 3. The second kappa shape index (κ2) is 5.54. The Morgan fingerprint density at radius 1 is 1.47 bits per heavy atom. The molecule has 0 unspecified atom stereocenters. The van der Waals surface area contributed by atoms with Gasteiger partial charge in [-0.1, -0.05) is 0 Å². The number of anilines is 1. The average Bonchev–Trinajstić information content (AvgIpc) is 2.28. The Morgan fingerprint density at radius 3 is 2.53 bits per heavy atom. The highest BCUT2D eigenvalue weighted by atomic mass is 127. The molecular weight excluding hydrogens is 397 g/mol. The number of carbonyl (C=O) groups is 1. The highest BCUT2D eigenvalue weighted by Crippen LogP contribution is 2.20. The van der Waals surface area contributed by atoms with Crippen molar-refractivity contribution >= 4 is 44.3 Å². The van der Waals surface area contributed by atoms with E-state index in [4.69, 9.17) is 10.3 Å². The van der Waals surface area contributed by atoms with Crippen LogP contribution in [-0.2, 0) is 10.1 Å². The minimum Gasteiger partial charge on any atom is -0.398 e. The molecule has 6 nitrogen and oxygen atoms in total. The fourth-order valence-electron chi connectivity index (χ4n) is 1.04. The zero-order valence-electron chi connectivity index (χ0n) is 9.23. The van der Waals surface area contributed by atoms with Gasteiger partial charge in [0.15, 0.2) is 0 Å². The van der Waals surface area contributed by atoms with Crippen LogP contribution < -0.4 is 11.1 Å². The van der Waals surface area contributed by atoms with E-state index in [1.807, 2.05) is 22.6 Å². The van der Waals surface area contributed by atoms with E-state index in [-0.39, 0.29) is 5.56 Å². The number of benzene rings is 1. The van der Waals surface area contributed by atoms with Crippen LogP contribution in [0.5, 0.6) is 0 Å². The zero-order chi connectivity index (χ0) is 14.8. The van der Waals surface area contributed by atoms with Gasteiger partial charge >= 0.3 is 15.4 Å². The van der Waals surface area contributed by atoms with Crippen molar-refractivity contribution in [2.75, 3.05) is 12.3 Å². The fourth-order valence-corrected chi connectivity index (χ4v) is 1.81. The van der Waals surface area contributed by atoms with Crippen LogP contribution in [0.4, 0.5) is 14.5 Å². The van der Waals surface area contributed by atoms with Crippen LogP contribution in [-0.4, -0.2) is 30.7 Å². The van der Waals surface area contributed by atoms with Gasteiger partial charge in [0.05, 0.1) is 6.54 Å². The van der Waals surface area contributed by atoms with Crippen molar-refractivity contribution in [3.8, 4) is 0 Å². The molecule has 0 atom stereocenters. The summed E-state index contributed by atoms with van der Waals surface area (Å²) >= 11 is 1.85. The van der Waals surface area contributed by atoms with Crippen molar-refractivity contribution in [2.45, 2.75) is 5.25 Å². The lowest BCUT2D eigenvalue weighted by molar-refractivity contribution is 0.0699. The van der Waals surface area contributed by atoms with Gasteiger partial charge in [-0.25, -0.2) is 0 Å². The molecule has 1 aromatic carbocycles. The Bertz CT molecular complexity index is 606. The molecule has 106 valence electrons. The van der Waals surface area contributed by atoms with Crippen molar-refractivity contribution in [1.82, 2.24) is 5.32 Å². The van der Waals surface area contributed by atoms with E-state index in [0.29, 0.717) is 9.26 Å². The molecule has 0 saturated carbocycles. The molecule has 1 amide bonds. The van der Waals surface area contributed by atoms with E-state index < -0.39 is 27.8 Å². The van der Waals surface area contributed by atoms with Gasteiger partial charge in [-0.2, -0.15) is 17.2 Å². The first kappa shape index (κ1) is 16.0. The molecule has 0 aliphatic heterocycles. The van der Waals surface area contributed by atoms with E-state index >= 15 is 0 Å². The van der Waals surface area contributed by atoms with Gasteiger partial charge in [0.25, 0.3) is 5.91 Å². The van der Waals surface area contributed by atoms with Crippen LogP contribution >= 0.6 is 22.6 Å². The van der Waals surface area contributed by atoms with Gasteiger partial charge in [-0.05, 0) is 40.8 Å². The van der Waals surface area contributed by atoms with Crippen molar-refractivity contribution in [1.29, 1.82) is 0 Å². The highest BCUT2D eigenvalue weighted by Gasteiger charge is 2.44. The van der Waals surface area contributed by atoms with Crippen LogP contribution in [0.15, 0.2) is 18.2 Å². The van der Waals surface area contributed by atoms with E-state index in [1.165, 1.54) is 18.2 Å². The van der Waals surface area contributed by atoms with Crippen LogP contribution in [0, 0.1) is 3.57 Å². The van der Waals surface area contributed by atoms with Crippen LogP contribution in [0.2, 0.25) is 0 Å². The maximum atomic E-state index is 12.9. The monoisotopic (exact) mass is 406 g/mol.